The SMILES string of the molecule is O=C(CSc1nnc(-c2ccccc2F)n1-c1ccccc1)N(Cc1ccco1)Cc1ccco1. The van der Waals surface area contributed by atoms with Gasteiger partial charge in [0.05, 0.1) is 36.9 Å². The van der Waals surface area contributed by atoms with Crippen LogP contribution in [0.4, 0.5) is 4.39 Å². The zero-order valence-corrected chi connectivity index (χ0v) is 19.4. The normalized spacial score (nSPS) is 11.0. The highest BCUT2D eigenvalue weighted by Gasteiger charge is 2.22. The van der Waals surface area contributed by atoms with E-state index in [2.05, 4.69) is 10.2 Å². The van der Waals surface area contributed by atoms with Gasteiger partial charge in [-0.1, -0.05) is 42.1 Å². The fourth-order valence-electron chi connectivity index (χ4n) is 3.62. The lowest BCUT2D eigenvalue weighted by atomic mass is 10.2. The highest BCUT2D eigenvalue weighted by atomic mass is 32.2. The van der Waals surface area contributed by atoms with Crippen LogP contribution in [0.25, 0.3) is 17.1 Å². The highest BCUT2D eigenvalue weighted by molar-refractivity contribution is 7.99. The van der Waals surface area contributed by atoms with Gasteiger partial charge in [-0.2, -0.15) is 0 Å². The summed E-state index contributed by atoms with van der Waals surface area (Å²) in [6.45, 7) is 0.609. The summed E-state index contributed by atoms with van der Waals surface area (Å²) in [6, 6.07) is 23.1. The van der Waals surface area contributed by atoms with Crippen LogP contribution in [0.2, 0.25) is 0 Å². The van der Waals surface area contributed by atoms with E-state index in [-0.39, 0.29) is 11.7 Å². The van der Waals surface area contributed by atoms with Gasteiger partial charge in [0.15, 0.2) is 11.0 Å². The summed E-state index contributed by atoms with van der Waals surface area (Å²) in [6.07, 6.45) is 3.15. The largest absolute Gasteiger partial charge is 0.467 e. The molecule has 35 heavy (non-hydrogen) atoms. The quantitative estimate of drug-likeness (QED) is 0.252. The van der Waals surface area contributed by atoms with Gasteiger partial charge in [-0.3, -0.25) is 9.36 Å². The third kappa shape index (κ3) is 5.20. The molecule has 5 aromatic rings. The lowest BCUT2D eigenvalue weighted by Crippen LogP contribution is -2.31. The predicted molar refractivity (Wildman–Crippen MR) is 129 cm³/mol. The molecule has 2 aromatic carbocycles. The molecule has 0 unspecified atom stereocenters. The van der Waals surface area contributed by atoms with Crippen molar-refractivity contribution in [2.75, 3.05) is 5.75 Å². The summed E-state index contributed by atoms with van der Waals surface area (Å²) in [4.78, 5) is 14.9. The Labute approximate surface area is 205 Å². The van der Waals surface area contributed by atoms with Crippen molar-refractivity contribution in [2.24, 2.45) is 0 Å². The minimum atomic E-state index is -0.396. The molecular weight excluding hydrogens is 467 g/mol. The number of furan rings is 2. The number of hydrogen-bond donors (Lipinski definition) is 0. The van der Waals surface area contributed by atoms with Crippen molar-refractivity contribution in [2.45, 2.75) is 18.2 Å². The fraction of sp³-hybridized carbons (Fsp3) is 0.115. The van der Waals surface area contributed by atoms with Crippen molar-refractivity contribution in [3.05, 3.63) is 109 Å². The van der Waals surface area contributed by atoms with E-state index in [1.807, 2.05) is 42.5 Å². The molecule has 3 aromatic heterocycles. The summed E-state index contributed by atoms with van der Waals surface area (Å²) in [5, 5.41) is 9.04. The molecule has 0 aliphatic heterocycles. The van der Waals surface area contributed by atoms with Crippen molar-refractivity contribution in [1.29, 1.82) is 0 Å². The van der Waals surface area contributed by atoms with Gasteiger partial charge in [0.2, 0.25) is 5.91 Å². The van der Waals surface area contributed by atoms with Gasteiger partial charge in [-0.25, -0.2) is 4.39 Å². The topological polar surface area (TPSA) is 77.3 Å². The smallest absolute Gasteiger partial charge is 0.233 e. The second kappa shape index (κ2) is 10.4. The van der Waals surface area contributed by atoms with Gasteiger partial charge in [0.1, 0.15) is 17.3 Å². The Morgan fingerprint density at radius 1 is 0.857 bits per heavy atom. The third-order valence-corrected chi connectivity index (χ3v) is 6.21. The van der Waals surface area contributed by atoms with E-state index >= 15 is 0 Å². The van der Waals surface area contributed by atoms with Crippen LogP contribution in [0.15, 0.2) is 105 Å². The first kappa shape index (κ1) is 22.7. The lowest BCUT2D eigenvalue weighted by molar-refractivity contribution is -0.130. The van der Waals surface area contributed by atoms with Crippen LogP contribution in [-0.2, 0) is 17.9 Å². The second-order valence-electron chi connectivity index (χ2n) is 7.65. The van der Waals surface area contributed by atoms with Gasteiger partial charge >= 0.3 is 0 Å². The maximum atomic E-state index is 14.6. The summed E-state index contributed by atoms with van der Waals surface area (Å²) in [5.41, 5.74) is 1.10. The minimum absolute atomic E-state index is 0.101. The Bertz CT molecular complexity index is 1350. The molecule has 0 spiro atoms. The number of amides is 1. The van der Waals surface area contributed by atoms with Crippen LogP contribution in [0.1, 0.15) is 11.5 Å². The Hall–Kier alpha value is -4.11. The second-order valence-corrected chi connectivity index (χ2v) is 8.60. The van der Waals surface area contributed by atoms with Gasteiger partial charge in [0.25, 0.3) is 0 Å². The zero-order valence-electron chi connectivity index (χ0n) is 18.6. The molecule has 3 heterocycles. The maximum absolute atomic E-state index is 14.6. The molecule has 0 fully saturated rings. The first-order valence-corrected chi connectivity index (χ1v) is 11.9. The highest BCUT2D eigenvalue weighted by Crippen LogP contribution is 2.29. The van der Waals surface area contributed by atoms with Crippen molar-refractivity contribution in [3.8, 4) is 17.1 Å². The lowest BCUT2D eigenvalue weighted by Gasteiger charge is -2.20. The molecular formula is C26H21FN4O3S. The number of thioether (sulfide) groups is 1. The summed E-state index contributed by atoms with van der Waals surface area (Å²) < 4.78 is 27.2. The number of para-hydroxylation sites is 1. The van der Waals surface area contributed by atoms with Crippen LogP contribution in [0, 0.1) is 5.82 Å². The van der Waals surface area contributed by atoms with Crippen molar-refractivity contribution >= 4 is 17.7 Å². The number of nitrogens with zero attached hydrogens (tertiary/aromatic N) is 4. The molecule has 0 bridgehead atoms. The van der Waals surface area contributed by atoms with Crippen LogP contribution < -0.4 is 0 Å². The molecule has 0 saturated carbocycles. The van der Waals surface area contributed by atoms with Crippen molar-refractivity contribution < 1.29 is 18.0 Å². The average molecular weight is 489 g/mol. The van der Waals surface area contributed by atoms with E-state index in [4.69, 9.17) is 8.83 Å². The molecule has 5 rings (SSSR count). The van der Waals surface area contributed by atoms with Crippen LogP contribution in [-0.4, -0.2) is 31.3 Å². The standard InChI is InChI=1S/C26H21FN4O3S/c27-23-13-5-4-12-22(23)25-28-29-26(31(25)19-8-2-1-3-9-19)35-18-24(32)30(16-20-10-6-14-33-20)17-21-11-7-15-34-21/h1-15H,16-18H2. The predicted octanol–water partition coefficient (Wildman–Crippen LogP) is 5.58. The van der Waals surface area contributed by atoms with E-state index in [9.17, 15) is 9.18 Å². The Balaban J connectivity index is 1.41. The van der Waals surface area contributed by atoms with Crippen LogP contribution >= 0.6 is 11.8 Å². The monoisotopic (exact) mass is 488 g/mol. The summed E-state index contributed by atoms with van der Waals surface area (Å²) in [5.74, 6) is 1.29. The summed E-state index contributed by atoms with van der Waals surface area (Å²) >= 11 is 1.24. The molecule has 9 heteroatoms. The molecule has 7 nitrogen and oxygen atoms in total. The first-order chi connectivity index (χ1) is 17.2. The fourth-order valence-corrected chi connectivity index (χ4v) is 4.48. The number of aromatic nitrogens is 3. The molecule has 176 valence electrons. The van der Waals surface area contributed by atoms with E-state index in [0.29, 0.717) is 41.2 Å². The van der Waals surface area contributed by atoms with Gasteiger partial charge in [-0.05, 0) is 48.5 Å². The Morgan fingerprint density at radius 3 is 2.14 bits per heavy atom. The van der Waals surface area contributed by atoms with Gasteiger partial charge < -0.3 is 13.7 Å². The number of halogens is 1. The van der Waals surface area contributed by atoms with E-state index < -0.39 is 5.82 Å². The molecule has 0 atom stereocenters. The van der Waals surface area contributed by atoms with E-state index in [0.717, 1.165) is 5.69 Å². The minimum Gasteiger partial charge on any atom is -0.467 e. The van der Waals surface area contributed by atoms with Crippen LogP contribution in [0.3, 0.4) is 0 Å². The molecule has 0 radical (unpaired) electrons. The molecule has 0 aliphatic rings. The average Bonchev–Trinajstić information content (AvgIpc) is 3.66. The number of carbonyl (C=O) groups excluding carboxylic acids is 1. The van der Waals surface area contributed by atoms with Gasteiger partial charge in [-0.15, -0.1) is 10.2 Å². The molecule has 0 saturated heterocycles. The number of benzene rings is 2. The number of rotatable bonds is 9. The van der Waals surface area contributed by atoms with E-state index in [1.54, 1.807) is 52.3 Å². The number of hydrogen-bond acceptors (Lipinski definition) is 6. The summed E-state index contributed by atoms with van der Waals surface area (Å²) in [7, 11) is 0. The molecule has 0 N–H and O–H groups in total. The Morgan fingerprint density at radius 2 is 1.51 bits per heavy atom. The molecule has 0 aliphatic carbocycles. The van der Waals surface area contributed by atoms with Crippen molar-refractivity contribution in [1.82, 2.24) is 19.7 Å². The first-order valence-electron chi connectivity index (χ1n) is 10.9. The zero-order chi connectivity index (χ0) is 24.0. The van der Waals surface area contributed by atoms with Crippen molar-refractivity contribution in [3.63, 3.8) is 0 Å². The third-order valence-electron chi connectivity index (χ3n) is 5.29. The Kier molecular flexibility index (Phi) is 6.76. The van der Waals surface area contributed by atoms with E-state index in [1.165, 1.54) is 17.8 Å². The number of carbonyl (C=O) groups is 1. The molecule has 1 amide bonds. The maximum Gasteiger partial charge on any atom is 0.233 e. The van der Waals surface area contributed by atoms with Gasteiger partial charge in [0, 0.05) is 5.69 Å². The van der Waals surface area contributed by atoms with Crippen LogP contribution in [0.5, 0.6) is 0 Å².